The van der Waals surface area contributed by atoms with Gasteiger partial charge >= 0.3 is 0 Å². The molecule has 0 amide bonds. The summed E-state index contributed by atoms with van der Waals surface area (Å²) in [5, 5.41) is 4.26. The van der Waals surface area contributed by atoms with Crippen LogP contribution in [0.3, 0.4) is 0 Å². The third kappa shape index (κ3) is 3.36. The Kier molecular flexibility index (Phi) is 4.29. The van der Waals surface area contributed by atoms with Crippen molar-refractivity contribution in [3.63, 3.8) is 0 Å². The van der Waals surface area contributed by atoms with Gasteiger partial charge in [-0.15, -0.1) is 0 Å². The Morgan fingerprint density at radius 3 is 3.00 bits per heavy atom. The molecule has 1 fully saturated rings. The smallest absolute Gasteiger partial charge is 0.104 e. The number of aryl methyl sites for hydroxylation is 1. The van der Waals surface area contributed by atoms with Gasteiger partial charge in [-0.25, -0.2) is 0 Å². The van der Waals surface area contributed by atoms with Crippen molar-refractivity contribution >= 4 is 34.7 Å². The zero-order valence-electron chi connectivity index (χ0n) is 10.0. The lowest BCUT2D eigenvalue weighted by Gasteiger charge is -2.13. The molecule has 0 saturated carbocycles. The Bertz CT molecular complexity index is 412. The normalized spacial score (nSPS) is 19.2. The predicted molar refractivity (Wildman–Crippen MR) is 81.0 cm³/mol. The number of thiocarbonyl (C=S) groups is 1. The number of hydrogen-bond donors (Lipinski definition) is 2. The SMILES string of the molecule is Cc1cc(NCC2CCCS2)ccc1C(N)=S. The molecule has 2 nitrogen and oxygen atoms in total. The van der Waals surface area contributed by atoms with Gasteiger partial charge in [-0.05, 0) is 49.3 Å². The minimum absolute atomic E-state index is 0.473. The fourth-order valence-electron chi connectivity index (χ4n) is 2.09. The fourth-order valence-corrected chi connectivity index (χ4v) is 3.52. The van der Waals surface area contributed by atoms with Gasteiger partial charge in [0, 0.05) is 23.0 Å². The van der Waals surface area contributed by atoms with Crippen molar-refractivity contribution < 1.29 is 0 Å². The van der Waals surface area contributed by atoms with Crippen molar-refractivity contribution in [2.24, 2.45) is 5.73 Å². The molecule has 0 aromatic heterocycles. The first-order valence-electron chi connectivity index (χ1n) is 5.93. The van der Waals surface area contributed by atoms with Crippen LogP contribution in [0.2, 0.25) is 0 Å². The second-order valence-electron chi connectivity index (χ2n) is 4.41. The third-order valence-corrected chi connectivity index (χ3v) is 4.67. The van der Waals surface area contributed by atoms with Crippen molar-refractivity contribution in [3.05, 3.63) is 29.3 Å². The number of thioether (sulfide) groups is 1. The van der Waals surface area contributed by atoms with Crippen LogP contribution in [-0.2, 0) is 0 Å². The van der Waals surface area contributed by atoms with Crippen LogP contribution >= 0.6 is 24.0 Å². The first-order chi connectivity index (χ1) is 8.16. The molecule has 1 aromatic rings. The number of hydrogen-bond acceptors (Lipinski definition) is 3. The van der Waals surface area contributed by atoms with E-state index in [1.165, 1.54) is 18.6 Å². The molecule has 0 aliphatic carbocycles. The first kappa shape index (κ1) is 12.7. The maximum absolute atomic E-state index is 5.65. The van der Waals surface area contributed by atoms with Crippen LogP contribution < -0.4 is 11.1 Å². The van der Waals surface area contributed by atoms with Gasteiger partial charge in [-0.2, -0.15) is 11.8 Å². The van der Waals surface area contributed by atoms with E-state index in [0.717, 1.165) is 28.6 Å². The number of anilines is 1. The predicted octanol–water partition coefficient (Wildman–Crippen LogP) is 2.94. The van der Waals surface area contributed by atoms with Crippen LogP contribution in [0.15, 0.2) is 18.2 Å². The number of nitrogens with one attached hydrogen (secondary N) is 1. The molecular formula is C13H18N2S2. The second kappa shape index (κ2) is 5.74. The Labute approximate surface area is 112 Å². The van der Waals surface area contributed by atoms with Crippen LogP contribution in [0.5, 0.6) is 0 Å². The minimum atomic E-state index is 0.473. The fraction of sp³-hybridized carbons (Fsp3) is 0.462. The van der Waals surface area contributed by atoms with Gasteiger partial charge in [0.2, 0.25) is 0 Å². The third-order valence-electron chi connectivity index (χ3n) is 3.05. The van der Waals surface area contributed by atoms with E-state index >= 15 is 0 Å². The van der Waals surface area contributed by atoms with E-state index in [-0.39, 0.29) is 0 Å². The molecule has 1 heterocycles. The molecule has 0 bridgehead atoms. The molecule has 1 atom stereocenters. The summed E-state index contributed by atoms with van der Waals surface area (Å²) in [6.45, 7) is 3.10. The van der Waals surface area contributed by atoms with Gasteiger partial charge in [0.05, 0.1) is 0 Å². The van der Waals surface area contributed by atoms with Crippen LogP contribution in [0.1, 0.15) is 24.0 Å². The molecule has 0 spiro atoms. The van der Waals surface area contributed by atoms with Crippen molar-refractivity contribution in [1.29, 1.82) is 0 Å². The summed E-state index contributed by atoms with van der Waals surface area (Å²) < 4.78 is 0. The highest BCUT2D eigenvalue weighted by atomic mass is 32.2. The monoisotopic (exact) mass is 266 g/mol. The van der Waals surface area contributed by atoms with E-state index in [1.807, 2.05) is 13.0 Å². The zero-order chi connectivity index (χ0) is 12.3. The van der Waals surface area contributed by atoms with Crippen LogP contribution in [0.4, 0.5) is 5.69 Å². The van der Waals surface area contributed by atoms with E-state index in [0.29, 0.717) is 4.99 Å². The van der Waals surface area contributed by atoms with Gasteiger partial charge in [0.15, 0.2) is 0 Å². The topological polar surface area (TPSA) is 38.0 Å². The number of nitrogens with two attached hydrogens (primary N) is 1. The summed E-state index contributed by atoms with van der Waals surface area (Å²) in [7, 11) is 0. The lowest BCUT2D eigenvalue weighted by molar-refractivity contribution is 0.805. The van der Waals surface area contributed by atoms with Gasteiger partial charge in [0.25, 0.3) is 0 Å². The maximum Gasteiger partial charge on any atom is 0.104 e. The molecule has 92 valence electrons. The molecule has 1 aliphatic heterocycles. The molecule has 3 N–H and O–H groups in total. The van der Waals surface area contributed by atoms with Crippen LogP contribution in [-0.4, -0.2) is 22.5 Å². The molecule has 2 rings (SSSR count). The van der Waals surface area contributed by atoms with E-state index in [4.69, 9.17) is 18.0 Å². The van der Waals surface area contributed by atoms with E-state index in [2.05, 4.69) is 29.2 Å². The van der Waals surface area contributed by atoms with Crippen molar-refractivity contribution in [2.75, 3.05) is 17.6 Å². The van der Waals surface area contributed by atoms with Gasteiger partial charge < -0.3 is 11.1 Å². The largest absolute Gasteiger partial charge is 0.389 e. The van der Waals surface area contributed by atoms with E-state index in [9.17, 15) is 0 Å². The Hall–Kier alpha value is -0.740. The Morgan fingerprint density at radius 1 is 1.59 bits per heavy atom. The summed E-state index contributed by atoms with van der Waals surface area (Å²) in [5.41, 5.74) is 8.92. The molecule has 17 heavy (non-hydrogen) atoms. The molecule has 1 saturated heterocycles. The zero-order valence-corrected chi connectivity index (χ0v) is 11.7. The summed E-state index contributed by atoms with van der Waals surface area (Å²) in [4.78, 5) is 0.473. The second-order valence-corrected chi connectivity index (χ2v) is 6.26. The summed E-state index contributed by atoms with van der Waals surface area (Å²) >= 11 is 7.07. The minimum Gasteiger partial charge on any atom is -0.389 e. The van der Waals surface area contributed by atoms with Crippen molar-refractivity contribution in [1.82, 2.24) is 0 Å². The maximum atomic E-state index is 5.65. The number of rotatable bonds is 4. The number of benzene rings is 1. The van der Waals surface area contributed by atoms with Gasteiger partial charge in [0.1, 0.15) is 4.99 Å². The summed E-state index contributed by atoms with van der Waals surface area (Å²) in [5.74, 6) is 1.31. The summed E-state index contributed by atoms with van der Waals surface area (Å²) in [6.07, 6.45) is 2.69. The molecule has 1 aromatic carbocycles. The highest BCUT2D eigenvalue weighted by molar-refractivity contribution is 8.00. The van der Waals surface area contributed by atoms with E-state index in [1.54, 1.807) is 0 Å². The quantitative estimate of drug-likeness (QED) is 0.822. The summed E-state index contributed by atoms with van der Waals surface area (Å²) in [6, 6.07) is 6.18. The lowest BCUT2D eigenvalue weighted by Crippen LogP contribution is -2.15. The average molecular weight is 266 g/mol. The van der Waals surface area contributed by atoms with Crippen molar-refractivity contribution in [3.8, 4) is 0 Å². The molecule has 1 aliphatic rings. The van der Waals surface area contributed by atoms with Crippen LogP contribution in [0, 0.1) is 6.92 Å². The Morgan fingerprint density at radius 2 is 2.41 bits per heavy atom. The highest BCUT2D eigenvalue weighted by Crippen LogP contribution is 2.26. The molecule has 0 radical (unpaired) electrons. The highest BCUT2D eigenvalue weighted by Gasteiger charge is 2.14. The molecular weight excluding hydrogens is 248 g/mol. The van der Waals surface area contributed by atoms with Crippen LogP contribution in [0.25, 0.3) is 0 Å². The van der Waals surface area contributed by atoms with Gasteiger partial charge in [-0.1, -0.05) is 12.2 Å². The lowest BCUT2D eigenvalue weighted by atomic mass is 10.1. The average Bonchev–Trinajstić information content (AvgIpc) is 2.78. The van der Waals surface area contributed by atoms with Gasteiger partial charge in [-0.3, -0.25) is 0 Å². The van der Waals surface area contributed by atoms with E-state index < -0.39 is 0 Å². The first-order valence-corrected chi connectivity index (χ1v) is 7.38. The van der Waals surface area contributed by atoms with Crippen molar-refractivity contribution in [2.45, 2.75) is 25.0 Å². The Balaban J connectivity index is 1.97. The molecule has 1 unspecified atom stereocenters. The molecule has 4 heteroatoms. The standard InChI is InChI=1S/C13H18N2S2/c1-9-7-10(4-5-12(9)13(14)16)15-8-11-3-2-6-17-11/h4-5,7,11,15H,2-3,6,8H2,1H3,(H2,14,16).